The first-order valence-corrected chi connectivity index (χ1v) is 7.92. The first-order chi connectivity index (χ1) is 8.96. The van der Waals surface area contributed by atoms with Gasteiger partial charge in [-0.05, 0) is 27.2 Å². The van der Waals surface area contributed by atoms with Crippen LogP contribution in [-0.4, -0.2) is 51.0 Å². The molecule has 0 saturated carbocycles. The summed E-state index contributed by atoms with van der Waals surface area (Å²) in [6.45, 7) is 4.98. The van der Waals surface area contributed by atoms with E-state index >= 15 is 0 Å². The molecule has 8 nitrogen and oxygen atoms in total. The van der Waals surface area contributed by atoms with Crippen molar-refractivity contribution >= 4 is 22.1 Å². The Morgan fingerprint density at radius 1 is 1.45 bits per heavy atom. The summed E-state index contributed by atoms with van der Waals surface area (Å²) >= 11 is 0. The van der Waals surface area contributed by atoms with Gasteiger partial charge in [0.15, 0.2) is 0 Å². The fraction of sp³-hybridized carbons (Fsp3) is 0.818. The minimum Gasteiger partial charge on any atom is -0.444 e. The maximum atomic E-state index is 11.6. The Hall–Kier alpha value is -1.35. The second-order valence-corrected chi connectivity index (χ2v) is 7.27. The van der Waals surface area contributed by atoms with Gasteiger partial charge in [0.05, 0.1) is 18.9 Å². The van der Waals surface area contributed by atoms with Crippen molar-refractivity contribution in [3.05, 3.63) is 0 Å². The van der Waals surface area contributed by atoms with Gasteiger partial charge in [0.25, 0.3) is 10.1 Å². The average Bonchev–Trinajstić information content (AvgIpc) is 2.53. The fourth-order valence-corrected chi connectivity index (χ4v) is 2.05. The van der Waals surface area contributed by atoms with Gasteiger partial charge >= 0.3 is 6.09 Å². The maximum Gasteiger partial charge on any atom is 0.408 e. The quantitative estimate of drug-likeness (QED) is 0.693. The van der Waals surface area contributed by atoms with Crippen LogP contribution in [0.5, 0.6) is 0 Å². The first kappa shape index (κ1) is 16.7. The zero-order chi connectivity index (χ0) is 15.6. The molecule has 1 aliphatic rings. The molecule has 1 rings (SSSR count). The summed E-state index contributed by atoms with van der Waals surface area (Å²) in [5.74, 6) is -0.391. The maximum absolute atomic E-state index is 11.6. The lowest BCUT2D eigenvalue weighted by atomic mass is 10.2. The molecule has 116 valence electrons. The molecule has 1 fully saturated rings. The molecule has 0 bridgehead atoms. The van der Waals surface area contributed by atoms with E-state index in [-0.39, 0.29) is 13.0 Å². The lowest BCUT2D eigenvalue weighted by Crippen LogP contribution is -2.42. The Labute approximate surface area is 118 Å². The van der Waals surface area contributed by atoms with Gasteiger partial charge in [-0.2, -0.15) is 8.42 Å². The minimum atomic E-state index is -3.56. The fourth-order valence-electron chi connectivity index (χ4n) is 1.64. The lowest BCUT2D eigenvalue weighted by Gasteiger charge is -2.21. The SMILES string of the molecule is CC(C)(C)OC(=O)N[C@H]1C[C@@H](COS(C)(=O)=O)NC1=O. The molecule has 0 aromatic heterocycles. The van der Waals surface area contributed by atoms with Gasteiger partial charge in [0.2, 0.25) is 5.91 Å². The largest absolute Gasteiger partial charge is 0.444 e. The summed E-state index contributed by atoms with van der Waals surface area (Å²) in [5.41, 5.74) is -0.655. The molecule has 0 aromatic carbocycles. The van der Waals surface area contributed by atoms with Crippen molar-refractivity contribution in [2.45, 2.75) is 44.9 Å². The molecule has 20 heavy (non-hydrogen) atoms. The van der Waals surface area contributed by atoms with Crippen LogP contribution in [0.2, 0.25) is 0 Å². The number of nitrogens with one attached hydrogen (secondary N) is 2. The van der Waals surface area contributed by atoms with Crippen LogP contribution >= 0.6 is 0 Å². The molecule has 0 unspecified atom stereocenters. The molecule has 0 radical (unpaired) electrons. The van der Waals surface area contributed by atoms with E-state index in [1.807, 2.05) is 0 Å². The van der Waals surface area contributed by atoms with Gasteiger partial charge in [-0.25, -0.2) is 4.79 Å². The second-order valence-electron chi connectivity index (χ2n) is 5.63. The summed E-state index contributed by atoms with van der Waals surface area (Å²) in [4.78, 5) is 23.2. The number of carbonyl (C=O) groups is 2. The van der Waals surface area contributed by atoms with Crippen molar-refractivity contribution < 1.29 is 26.9 Å². The van der Waals surface area contributed by atoms with Crippen LogP contribution in [0.15, 0.2) is 0 Å². The number of hydrogen-bond acceptors (Lipinski definition) is 6. The lowest BCUT2D eigenvalue weighted by molar-refractivity contribution is -0.121. The van der Waals surface area contributed by atoms with Gasteiger partial charge in [-0.15, -0.1) is 0 Å². The molecule has 1 saturated heterocycles. The Morgan fingerprint density at radius 2 is 2.05 bits per heavy atom. The van der Waals surface area contributed by atoms with E-state index in [0.29, 0.717) is 0 Å². The summed E-state index contributed by atoms with van der Waals surface area (Å²) in [6.07, 6.45) is 0.482. The first-order valence-electron chi connectivity index (χ1n) is 6.10. The van der Waals surface area contributed by atoms with E-state index in [1.54, 1.807) is 20.8 Å². The Morgan fingerprint density at radius 3 is 2.55 bits per heavy atom. The van der Waals surface area contributed by atoms with Crippen molar-refractivity contribution in [2.75, 3.05) is 12.9 Å². The van der Waals surface area contributed by atoms with Gasteiger partial charge in [-0.1, -0.05) is 0 Å². The van der Waals surface area contributed by atoms with E-state index in [2.05, 4.69) is 14.8 Å². The summed E-state index contributed by atoms with van der Waals surface area (Å²) < 4.78 is 31.4. The smallest absolute Gasteiger partial charge is 0.408 e. The molecular formula is C11H20N2O6S. The number of ether oxygens (including phenoxy) is 1. The zero-order valence-corrected chi connectivity index (χ0v) is 12.7. The highest BCUT2D eigenvalue weighted by Gasteiger charge is 2.34. The van der Waals surface area contributed by atoms with E-state index in [0.717, 1.165) is 6.26 Å². The number of carbonyl (C=O) groups excluding carboxylic acids is 2. The van der Waals surface area contributed by atoms with E-state index in [9.17, 15) is 18.0 Å². The van der Waals surface area contributed by atoms with Crippen LogP contribution in [0.25, 0.3) is 0 Å². The standard InChI is InChI=1S/C11H20N2O6S/c1-11(2,3)19-10(15)13-8-5-7(12-9(8)14)6-18-20(4,16)17/h7-8H,5-6H2,1-4H3,(H,12,14)(H,13,15)/t7-,8-/m0/s1. The number of rotatable bonds is 4. The average molecular weight is 308 g/mol. The summed E-state index contributed by atoms with van der Waals surface area (Å²) in [5, 5.41) is 4.98. The Bertz CT molecular complexity index is 482. The summed E-state index contributed by atoms with van der Waals surface area (Å²) in [7, 11) is -3.56. The zero-order valence-electron chi connectivity index (χ0n) is 11.9. The predicted molar refractivity (Wildman–Crippen MR) is 70.5 cm³/mol. The molecule has 2 amide bonds. The number of alkyl carbamates (subject to hydrolysis) is 1. The van der Waals surface area contributed by atoms with Crippen LogP contribution < -0.4 is 10.6 Å². The van der Waals surface area contributed by atoms with Gasteiger partial charge in [-0.3, -0.25) is 8.98 Å². The van der Waals surface area contributed by atoms with Crippen molar-refractivity contribution in [2.24, 2.45) is 0 Å². The molecular weight excluding hydrogens is 288 g/mol. The van der Waals surface area contributed by atoms with E-state index in [4.69, 9.17) is 4.74 Å². The molecule has 2 N–H and O–H groups in total. The highest BCUT2D eigenvalue weighted by atomic mass is 32.2. The van der Waals surface area contributed by atoms with Crippen LogP contribution in [0.4, 0.5) is 4.79 Å². The third-order valence-electron chi connectivity index (χ3n) is 2.36. The normalized spacial score (nSPS) is 23.3. The number of amides is 2. The Kier molecular flexibility index (Phi) is 4.98. The van der Waals surface area contributed by atoms with Gasteiger partial charge < -0.3 is 15.4 Å². The minimum absolute atomic E-state index is 0.156. The highest BCUT2D eigenvalue weighted by Crippen LogP contribution is 2.12. The van der Waals surface area contributed by atoms with Crippen molar-refractivity contribution in [3.63, 3.8) is 0 Å². The van der Waals surface area contributed by atoms with Crippen LogP contribution in [0, 0.1) is 0 Å². The van der Waals surface area contributed by atoms with Crippen LogP contribution in [0.1, 0.15) is 27.2 Å². The van der Waals surface area contributed by atoms with Crippen molar-refractivity contribution in [1.29, 1.82) is 0 Å². The molecule has 2 atom stereocenters. The molecule has 1 heterocycles. The Balaban J connectivity index is 2.46. The monoisotopic (exact) mass is 308 g/mol. The van der Waals surface area contributed by atoms with E-state index < -0.39 is 39.8 Å². The summed E-state index contributed by atoms with van der Waals surface area (Å²) in [6, 6.07) is -1.21. The second kappa shape index (κ2) is 5.96. The van der Waals surface area contributed by atoms with Gasteiger partial charge in [0.1, 0.15) is 11.6 Å². The predicted octanol–water partition coefficient (Wildman–Crippen LogP) is -0.256. The molecule has 0 aliphatic carbocycles. The van der Waals surface area contributed by atoms with Crippen LogP contribution in [0.3, 0.4) is 0 Å². The molecule has 0 spiro atoms. The highest BCUT2D eigenvalue weighted by molar-refractivity contribution is 7.85. The molecule has 9 heteroatoms. The van der Waals surface area contributed by atoms with Gasteiger partial charge in [0, 0.05) is 0 Å². The van der Waals surface area contributed by atoms with Crippen molar-refractivity contribution in [3.8, 4) is 0 Å². The molecule has 0 aromatic rings. The van der Waals surface area contributed by atoms with Crippen molar-refractivity contribution in [1.82, 2.24) is 10.6 Å². The van der Waals surface area contributed by atoms with E-state index in [1.165, 1.54) is 0 Å². The third kappa shape index (κ3) is 6.20. The third-order valence-corrected chi connectivity index (χ3v) is 2.92. The van der Waals surface area contributed by atoms with Crippen LogP contribution in [-0.2, 0) is 23.8 Å². The molecule has 1 aliphatic heterocycles. The number of hydrogen-bond donors (Lipinski definition) is 2. The topological polar surface area (TPSA) is 111 Å².